The van der Waals surface area contributed by atoms with Crippen LogP contribution in [0.5, 0.6) is 5.75 Å². The first kappa shape index (κ1) is 14.4. The number of aromatic nitrogens is 2. The SMILES string of the molecule is COc1ccccc1CNCc1ccc(-n2ccnc2)cc1. The van der Waals surface area contributed by atoms with Crippen LogP contribution in [0.3, 0.4) is 0 Å². The number of nitrogens with zero attached hydrogens (tertiary/aromatic N) is 2. The number of hydrogen-bond donors (Lipinski definition) is 1. The van der Waals surface area contributed by atoms with Crippen LogP contribution >= 0.6 is 0 Å². The summed E-state index contributed by atoms with van der Waals surface area (Å²) in [5, 5.41) is 3.45. The Morgan fingerprint density at radius 2 is 1.86 bits per heavy atom. The van der Waals surface area contributed by atoms with Gasteiger partial charge in [0.1, 0.15) is 5.75 Å². The zero-order chi connectivity index (χ0) is 15.2. The van der Waals surface area contributed by atoms with E-state index >= 15 is 0 Å². The van der Waals surface area contributed by atoms with Crippen molar-refractivity contribution < 1.29 is 4.74 Å². The molecule has 0 radical (unpaired) electrons. The molecule has 1 heterocycles. The number of imidazole rings is 1. The van der Waals surface area contributed by atoms with Crippen molar-refractivity contribution >= 4 is 0 Å². The molecule has 0 spiro atoms. The summed E-state index contributed by atoms with van der Waals surface area (Å²) < 4.78 is 7.35. The van der Waals surface area contributed by atoms with Crippen LogP contribution in [0.1, 0.15) is 11.1 Å². The van der Waals surface area contributed by atoms with Crippen molar-refractivity contribution in [2.24, 2.45) is 0 Å². The lowest BCUT2D eigenvalue weighted by atomic mass is 10.1. The fraction of sp³-hybridized carbons (Fsp3) is 0.167. The fourth-order valence-corrected chi connectivity index (χ4v) is 2.39. The molecule has 4 heteroatoms. The Balaban J connectivity index is 1.58. The summed E-state index contributed by atoms with van der Waals surface area (Å²) in [6.45, 7) is 1.61. The van der Waals surface area contributed by atoms with Crippen LogP contribution < -0.4 is 10.1 Å². The van der Waals surface area contributed by atoms with E-state index in [4.69, 9.17) is 4.74 Å². The second-order valence-electron chi connectivity index (χ2n) is 5.05. The molecule has 0 aliphatic heterocycles. The number of rotatable bonds is 6. The van der Waals surface area contributed by atoms with Gasteiger partial charge in [-0.2, -0.15) is 0 Å². The molecule has 1 N–H and O–H groups in total. The third-order valence-electron chi connectivity index (χ3n) is 3.58. The highest BCUT2D eigenvalue weighted by Crippen LogP contribution is 2.17. The quantitative estimate of drug-likeness (QED) is 0.758. The van der Waals surface area contributed by atoms with Crippen molar-refractivity contribution in [2.75, 3.05) is 7.11 Å². The maximum Gasteiger partial charge on any atom is 0.123 e. The predicted molar refractivity (Wildman–Crippen MR) is 87.1 cm³/mol. The van der Waals surface area contributed by atoms with Gasteiger partial charge in [0.15, 0.2) is 0 Å². The molecule has 3 aromatic rings. The van der Waals surface area contributed by atoms with Crippen LogP contribution in [-0.2, 0) is 13.1 Å². The summed E-state index contributed by atoms with van der Waals surface area (Å²) in [6, 6.07) is 16.5. The summed E-state index contributed by atoms with van der Waals surface area (Å²) in [7, 11) is 1.70. The maximum atomic E-state index is 5.36. The van der Waals surface area contributed by atoms with Crippen LogP contribution in [0, 0.1) is 0 Å². The van der Waals surface area contributed by atoms with Gasteiger partial charge >= 0.3 is 0 Å². The molecular weight excluding hydrogens is 274 g/mol. The second kappa shape index (κ2) is 6.91. The standard InChI is InChI=1S/C18H19N3O/c1-22-18-5-3-2-4-16(18)13-20-12-15-6-8-17(9-7-15)21-11-10-19-14-21/h2-11,14,20H,12-13H2,1H3. The topological polar surface area (TPSA) is 39.1 Å². The van der Waals surface area contributed by atoms with Crippen molar-refractivity contribution in [3.8, 4) is 11.4 Å². The second-order valence-corrected chi connectivity index (χ2v) is 5.05. The van der Waals surface area contributed by atoms with E-state index in [9.17, 15) is 0 Å². The maximum absolute atomic E-state index is 5.36. The molecule has 0 aliphatic rings. The summed E-state index contributed by atoms with van der Waals surface area (Å²) >= 11 is 0. The van der Waals surface area contributed by atoms with Gasteiger partial charge in [-0.05, 0) is 23.8 Å². The first-order chi connectivity index (χ1) is 10.9. The molecule has 0 saturated heterocycles. The van der Waals surface area contributed by atoms with Crippen LogP contribution in [0.2, 0.25) is 0 Å². The van der Waals surface area contributed by atoms with E-state index in [-0.39, 0.29) is 0 Å². The number of benzene rings is 2. The Kier molecular flexibility index (Phi) is 4.51. The molecule has 0 saturated carbocycles. The summed E-state index contributed by atoms with van der Waals surface area (Å²) in [4.78, 5) is 4.06. The smallest absolute Gasteiger partial charge is 0.123 e. The number of ether oxygens (including phenoxy) is 1. The minimum Gasteiger partial charge on any atom is -0.496 e. The lowest BCUT2D eigenvalue weighted by Crippen LogP contribution is -2.13. The van der Waals surface area contributed by atoms with Gasteiger partial charge in [0.2, 0.25) is 0 Å². The van der Waals surface area contributed by atoms with Gasteiger partial charge in [0.25, 0.3) is 0 Å². The molecule has 1 aromatic heterocycles. The largest absolute Gasteiger partial charge is 0.496 e. The molecule has 2 aromatic carbocycles. The van der Waals surface area contributed by atoms with Crippen molar-refractivity contribution in [1.82, 2.24) is 14.9 Å². The highest BCUT2D eigenvalue weighted by Gasteiger charge is 2.01. The van der Waals surface area contributed by atoms with Gasteiger partial charge in [-0.15, -0.1) is 0 Å². The molecule has 22 heavy (non-hydrogen) atoms. The van der Waals surface area contributed by atoms with Gasteiger partial charge in [0.05, 0.1) is 13.4 Å². The zero-order valence-electron chi connectivity index (χ0n) is 12.6. The van der Waals surface area contributed by atoms with Gasteiger partial charge in [-0.1, -0.05) is 30.3 Å². The lowest BCUT2D eigenvalue weighted by Gasteiger charge is -2.10. The number of para-hydroxylation sites is 1. The molecule has 0 amide bonds. The summed E-state index contributed by atoms with van der Waals surface area (Å²) in [6.07, 6.45) is 5.52. The number of hydrogen-bond acceptors (Lipinski definition) is 3. The Labute approximate surface area is 130 Å². The predicted octanol–water partition coefficient (Wildman–Crippen LogP) is 3.17. The molecule has 0 bridgehead atoms. The molecule has 3 rings (SSSR count). The number of nitrogens with one attached hydrogen (secondary N) is 1. The van der Waals surface area contributed by atoms with Gasteiger partial charge < -0.3 is 14.6 Å². The first-order valence-electron chi connectivity index (χ1n) is 7.27. The highest BCUT2D eigenvalue weighted by molar-refractivity contribution is 5.35. The molecule has 0 aliphatic carbocycles. The molecule has 112 valence electrons. The first-order valence-corrected chi connectivity index (χ1v) is 7.27. The average Bonchev–Trinajstić information content (AvgIpc) is 3.10. The monoisotopic (exact) mass is 293 g/mol. The third kappa shape index (κ3) is 3.35. The van der Waals surface area contributed by atoms with Gasteiger partial charge in [0, 0.05) is 36.7 Å². The van der Waals surface area contributed by atoms with Crippen molar-refractivity contribution in [3.05, 3.63) is 78.4 Å². The summed E-state index contributed by atoms with van der Waals surface area (Å²) in [5.74, 6) is 0.922. The van der Waals surface area contributed by atoms with Crippen LogP contribution in [0.15, 0.2) is 67.3 Å². The fourth-order valence-electron chi connectivity index (χ4n) is 2.39. The average molecular weight is 293 g/mol. The van der Waals surface area contributed by atoms with Crippen LogP contribution in [-0.4, -0.2) is 16.7 Å². The third-order valence-corrected chi connectivity index (χ3v) is 3.58. The Bertz CT molecular complexity index is 705. The van der Waals surface area contributed by atoms with E-state index in [0.717, 1.165) is 24.5 Å². The van der Waals surface area contributed by atoms with Crippen molar-refractivity contribution in [3.63, 3.8) is 0 Å². The molecule has 4 nitrogen and oxygen atoms in total. The highest BCUT2D eigenvalue weighted by atomic mass is 16.5. The Morgan fingerprint density at radius 3 is 2.59 bits per heavy atom. The molecule has 0 unspecified atom stereocenters. The Hall–Kier alpha value is -2.59. The van der Waals surface area contributed by atoms with E-state index in [1.807, 2.05) is 29.0 Å². The van der Waals surface area contributed by atoms with E-state index in [0.29, 0.717) is 0 Å². The Morgan fingerprint density at radius 1 is 1.05 bits per heavy atom. The van der Waals surface area contributed by atoms with Crippen LogP contribution in [0.25, 0.3) is 5.69 Å². The van der Waals surface area contributed by atoms with Gasteiger partial charge in [-0.3, -0.25) is 0 Å². The minimum atomic E-state index is 0.785. The normalized spacial score (nSPS) is 10.6. The van der Waals surface area contributed by atoms with E-state index in [1.165, 1.54) is 11.1 Å². The van der Waals surface area contributed by atoms with Crippen LogP contribution in [0.4, 0.5) is 0 Å². The lowest BCUT2D eigenvalue weighted by molar-refractivity contribution is 0.407. The van der Waals surface area contributed by atoms with E-state index < -0.39 is 0 Å². The molecule has 0 atom stereocenters. The zero-order valence-corrected chi connectivity index (χ0v) is 12.6. The van der Waals surface area contributed by atoms with E-state index in [1.54, 1.807) is 19.6 Å². The molecule has 0 fully saturated rings. The van der Waals surface area contributed by atoms with Crippen molar-refractivity contribution in [2.45, 2.75) is 13.1 Å². The van der Waals surface area contributed by atoms with Gasteiger partial charge in [-0.25, -0.2) is 4.98 Å². The van der Waals surface area contributed by atoms with Crippen molar-refractivity contribution in [1.29, 1.82) is 0 Å². The molecular formula is C18H19N3O. The van der Waals surface area contributed by atoms with E-state index in [2.05, 4.69) is 40.6 Å². The number of methoxy groups -OCH3 is 1. The minimum absolute atomic E-state index is 0.785. The summed E-state index contributed by atoms with van der Waals surface area (Å²) in [5.41, 5.74) is 3.53.